The molecule has 0 saturated heterocycles. The van der Waals surface area contributed by atoms with Gasteiger partial charge < -0.3 is 14.8 Å². The van der Waals surface area contributed by atoms with Gasteiger partial charge in [-0.3, -0.25) is 4.79 Å². The SMILES string of the molecule is COC(=O)c1ccc(/C=C/C(=O)NC(C)c2ccccc2OC)cc1. The Morgan fingerprint density at radius 1 is 1.04 bits per heavy atom. The van der Waals surface area contributed by atoms with Gasteiger partial charge in [-0.2, -0.15) is 0 Å². The highest BCUT2D eigenvalue weighted by molar-refractivity contribution is 5.92. The Labute approximate surface area is 147 Å². The third kappa shape index (κ3) is 4.94. The summed E-state index contributed by atoms with van der Waals surface area (Å²) >= 11 is 0. The van der Waals surface area contributed by atoms with Crippen molar-refractivity contribution in [1.29, 1.82) is 0 Å². The lowest BCUT2D eigenvalue weighted by atomic mass is 10.1. The molecule has 0 spiro atoms. The first kappa shape index (κ1) is 18.3. The van der Waals surface area contributed by atoms with Crippen molar-refractivity contribution in [2.75, 3.05) is 14.2 Å². The zero-order valence-electron chi connectivity index (χ0n) is 14.5. The lowest BCUT2D eigenvalue weighted by Gasteiger charge is -2.16. The summed E-state index contributed by atoms with van der Waals surface area (Å²) in [6.45, 7) is 1.90. The molecule has 130 valence electrons. The van der Waals surface area contributed by atoms with E-state index in [2.05, 4.69) is 10.1 Å². The van der Waals surface area contributed by atoms with Crippen molar-refractivity contribution < 1.29 is 19.1 Å². The highest BCUT2D eigenvalue weighted by Gasteiger charge is 2.12. The van der Waals surface area contributed by atoms with Gasteiger partial charge in [0, 0.05) is 11.6 Å². The van der Waals surface area contributed by atoms with E-state index >= 15 is 0 Å². The molecule has 1 N–H and O–H groups in total. The van der Waals surface area contributed by atoms with Gasteiger partial charge in [0.1, 0.15) is 5.75 Å². The van der Waals surface area contributed by atoms with Crippen molar-refractivity contribution in [3.05, 3.63) is 71.3 Å². The van der Waals surface area contributed by atoms with Gasteiger partial charge in [0.2, 0.25) is 5.91 Å². The van der Waals surface area contributed by atoms with E-state index in [-0.39, 0.29) is 17.9 Å². The van der Waals surface area contributed by atoms with Crippen molar-refractivity contribution in [1.82, 2.24) is 5.32 Å². The first-order valence-electron chi connectivity index (χ1n) is 7.85. The monoisotopic (exact) mass is 339 g/mol. The van der Waals surface area contributed by atoms with E-state index < -0.39 is 0 Å². The van der Waals surface area contributed by atoms with E-state index in [0.717, 1.165) is 16.9 Å². The molecule has 2 rings (SSSR count). The largest absolute Gasteiger partial charge is 0.496 e. The number of carbonyl (C=O) groups is 2. The fraction of sp³-hybridized carbons (Fsp3) is 0.200. The van der Waals surface area contributed by atoms with Crippen LogP contribution in [0.2, 0.25) is 0 Å². The maximum absolute atomic E-state index is 12.1. The first-order chi connectivity index (χ1) is 12.0. The molecular weight excluding hydrogens is 318 g/mol. The maximum Gasteiger partial charge on any atom is 0.337 e. The van der Waals surface area contributed by atoms with E-state index in [0.29, 0.717) is 5.56 Å². The average Bonchev–Trinajstić information content (AvgIpc) is 2.66. The highest BCUT2D eigenvalue weighted by atomic mass is 16.5. The number of amides is 1. The smallest absolute Gasteiger partial charge is 0.337 e. The van der Waals surface area contributed by atoms with E-state index in [1.54, 1.807) is 37.5 Å². The van der Waals surface area contributed by atoms with Crippen LogP contribution in [0.1, 0.15) is 34.5 Å². The van der Waals surface area contributed by atoms with Crippen LogP contribution in [-0.2, 0) is 9.53 Å². The second kappa shape index (κ2) is 8.68. The average molecular weight is 339 g/mol. The first-order valence-corrected chi connectivity index (χ1v) is 7.85. The second-order valence-electron chi connectivity index (χ2n) is 5.42. The van der Waals surface area contributed by atoms with Crippen molar-refractivity contribution in [3.8, 4) is 5.75 Å². The Morgan fingerprint density at radius 3 is 2.36 bits per heavy atom. The van der Waals surface area contributed by atoms with Gasteiger partial charge in [0.25, 0.3) is 0 Å². The Kier molecular flexibility index (Phi) is 6.34. The topological polar surface area (TPSA) is 64.6 Å². The predicted octanol–water partition coefficient (Wildman–Crippen LogP) is 3.37. The molecule has 1 atom stereocenters. The Balaban J connectivity index is 1.99. The summed E-state index contributed by atoms with van der Waals surface area (Å²) in [5.41, 5.74) is 2.19. The number of ether oxygens (including phenoxy) is 2. The van der Waals surface area contributed by atoms with Gasteiger partial charge >= 0.3 is 5.97 Å². The van der Waals surface area contributed by atoms with E-state index in [4.69, 9.17) is 4.74 Å². The van der Waals surface area contributed by atoms with Gasteiger partial charge in [0.15, 0.2) is 0 Å². The molecule has 0 radical (unpaired) electrons. The number of esters is 1. The van der Waals surface area contributed by atoms with Crippen LogP contribution in [0.15, 0.2) is 54.6 Å². The third-order valence-corrected chi connectivity index (χ3v) is 3.72. The zero-order valence-corrected chi connectivity index (χ0v) is 14.5. The quantitative estimate of drug-likeness (QED) is 0.647. The van der Waals surface area contributed by atoms with Crippen LogP contribution in [0.3, 0.4) is 0 Å². The van der Waals surface area contributed by atoms with Crippen LogP contribution in [-0.4, -0.2) is 26.1 Å². The fourth-order valence-electron chi connectivity index (χ4n) is 2.38. The summed E-state index contributed by atoms with van der Waals surface area (Å²) in [6, 6.07) is 14.2. The molecule has 5 nitrogen and oxygen atoms in total. The van der Waals surface area contributed by atoms with Crippen LogP contribution in [0.5, 0.6) is 5.75 Å². The third-order valence-electron chi connectivity index (χ3n) is 3.72. The number of rotatable bonds is 6. The molecule has 0 aliphatic heterocycles. The van der Waals surface area contributed by atoms with Gasteiger partial charge in [-0.1, -0.05) is 30.3 Å². The van der Waals surface area contributed by atoms with E-state index in [1.807, 2.05) is 31.2 Å². The lowest BCUT2D eigenvalue weighted by molar-refractivity contribution is -0.117. The molecular formula is C20H21NO4. The van der Waals surface area contributed by atoms with Crippen LogP contribution in [0, 0.1) is 0 Å². The molecule has 0 heterocycles. The Morgan fingerprint density at radius 2 is 1.72 bits per heavy atom. The summed E-state index contributed by atoms with van der Waals surface area (Å²) < 4.78 is 9.96. The van der Waals surface area contributed by atoms with Crippen LogP contribution in [0.25, 0.3) is 6.08 Å². The Hall–Kier alpha value is -3.08. The minimum absolute atomic E-state index is 0.185. The van der Waals surface area contributed by atoms with Crippen molar-refractivity contribution in [2.24, 2.45) is 0 Å². The molecule has 1 amide bonds. The highest BCUT2D eigenvalue weighted by Crippen LogP contribution is 2.24. The predicted molar refractivity (Wildman–Crippen MR) is 96.4 cm³/mol. The summed E-state index contributed by atoms with van der Waals surface area (Å²) in [6.07, 6.45) is 3.14. The summed E-state index contributed by atoms with van der Waals surface area (Å²) in [7, 11) is 2.94. The molecule has 5 heteroatoms. The minimum Gasteiger partial charge on any atom is -0.496 e. The molecule has 0 bridgehead atoms. The van der Waals surface area contributed by atoms with Gasteiger partial charge in [-0.15, -0.1) is 0 Å². The molecule has 0 aliphatic carbocycles. The summed E-state index contributed by atoms with van der Waals surface area (Å²) in [5, 5.41) is 2.90. The van der Waals surface area contributed by atoms with Crippen molar-refractivity contribution >= 4 is 18.0 Å². The number of benzene rings is 2. The number of methoxy groups -OCH3 is 2. The molecule has 0 aliphatic rings. The van der Waals surface area contributed by atoms with Crippen molar-refractivity contribution in [3.63, 3.8) is 0 Å². The van der Waals surface area contributed by atoms with Crippen LogP contribution in [0.4, 0.5) is 0 Å². The molecule has 2 aromatic carbocycles. The Bertz CT molecular complexity index is 766. The molecule has 25 heavy (non-hydrogen) atoms. The fourth-order valence-corrected chi connectivity index (χ4v) is 2.38. The molecule has 0 saturated carbocycles. The van der Waals surface area contributed by atoms with Gasteiger partial charge in [0.05, 0.1) is 25.8 Å². The number of para-hydroxylation sites is 1. The number of hydrogen-bond donors (Lipinski definition) is 1. The molecule has 0 fully saturated rings. The van der Waals surface area contributed by atoms with Gasteiger partial charge in [-0.05, 0) is 36.8 Å². The summed E-state index contributed by atoms with van der Waals surface area (Å²) in [4.78, 5) is 23.5. The van der Waals surface area contributed by atoms with E-state index in [1.165, 1.54) is 13.2 Å². The van der Waals surface area contributed by atoms with Gasteiger partial charge in [-0.25, -0.2) is 4.79 Å². The zero-order chi connectivity index (χ0) is 18.2. The molecule has 1 unspecified atom stereocenters. The summed E-state index contributed by atoms with van der Waals surface area (Å²) in [5.74, 6) is 0.132. The minimum atomic E-state index is -0.390. The number of carbonyl (C=O) groups excluding carboxylic acids is 2. The molecule has 0 aromatic heterocycles. The number of hydrogen-bond acceptors (Lipinski definition) is 4. The van der Waals surface area contributed by atoms with Crippen molar-refractivity contribution in [2.45, 2.75) is 13.0 Å². The molecule has 2 aromatic rings. The standard InChI is InChI=1S/C20H21NO4/c1-14(17-6-4-5-7-18(17)24-2)21-19(22)13-10-15-8-11-16(12-9-15)20(23)25-3/h4-14H,1-3H3,(H,21,22)/b13-10+. The maximum atomic E-state index is 12.1. The van der Waals surface area contributed by atoms with E-state index in [9.17, 15) is 9.59 Å². The lowest BCUT2D eigenvalue weighted by Crippen LogP contribution is -2.24. The second-order valence-corrected chi connectivity index (χ2v) is 5.42. The van der Waals surface area contributed by atoms with Crippen LogP contribution >= 0.6 is 0 Å². The number of nitrogens with one attached hydrogen (secondary N) is 1. The normalized spacial score (nSPS) is 11.8. The van der Waals surface area contributed by atoms with Crippen LogP contribution < -0.4 is 10.1 Å².